The molecule has 2 heteroatoms. The predicted octanol–water partition coefficient (Wildman–Crippen LogP) is 1.52. The highest BCUT2D eigenvalue weighted by atomic mass is 16.3. The third kappa shape index (κ3) is 1.50. The van der Waals surface area contributed by atoms with E-state index in [1.165, 1.54) is 19.3 Å². The van der Waals surface area contributed by atoms with Gasteiger partial charge in [-0.1, -0.05) is 20.3 Å². The van der Waals surface area contributed by atoms with Crippen LogP contribution in [0.2, 0.25) is 0 Å². The largest absolute Gasteiger partial charge is 0.392 e. The van der Waals surface area contributed by atoms with Crippen LogP contribution in [-0.4, -0.2) is 17.8 Å². The third-order valence-corrected chi connectivity index (χ3v) is 3.54. The van der Waals surface area contributed by atoms with Gasteiger partial charge in [0, 0.05) is 0 Å². The number of hydrogen-bond donors (Lipinski definition) is 2. The van der Waals surface area contributed by atoms with Crippen molar-refractivity contribution >= 4 is 0 Å². The van der Waals surface area contributed by atoms with Crippen LogP contribution in [0, 0.1) is 11.3 Å². The summed E-state index contributed by atoms with van der Waals surface area (Å²) in [5.74, 6) is 0.591. The molecule has 0 heterocycles. The molecule has 0 aromatic heterocycles. The molecule has 1 fully saturated rings. The summed E-state index contributed by atoms with van der Waals surface area (Å²) in [5.41, 5.74) is 5.65. The van der Waals surface area contributed by atoms with E-state index < -0.39 is 0 Å². The van der Waals surface area contributed by atoms with E-state index in [0.29, 0.717) is 12.5 Å². The SMILES string of the molecule is CC(C)C1(C(O)CCN)CCC1. The van der Waals surface area contributed by atoms with Crippen LogP contribution in [0.4, 0.5) is 0 Å². The van der Waals surface area contributed by atoms with Crippen LogP contribution in [0.1, 0.15) is 39.5 Å². The van der Waals surface area contributed by atoms with E-state index in [-0.39, 0.29) is 11.5 Å². The van der Waals surface area contributed by atoms with Crippen LogP contribution >= 0.6 is 0 Å². The van der Waals surface area contributed by atoms with Gasteiger partial charge in [-0.05, 0) is 37.1 Å². The van der Waals surface area contributed by atoms with Crippen LogP contribution in [0.3, 0.4) is 0 Å². The summed E-state index contributed by atoms with van der Waals surface area (Å²) in [6, 6.07) is 0. The fourth-order valence-electron chi connectivity index (χ4n) is 2.33. The molecule has 1 aliphatic rings. The van der Waals surface area contributed by atoms with Gasteiger partial charge < -0.3 is 10.8 Å². The molecule has 0 bridgehead atoms. The molecule has 2 nitrogen and oxygen atoms in total. The second-order valence-corrected chi connectivity index (χ2v) is 4.33. The van der Waals surface area contributed by atoms with Crippen molar-refractivity contribution in [3.63, 3.8) is 0 Å². The molecule has 1 rings (SSSR count). The van der Waals surface area contributed by atoms with E-state index in [0.717, 1.165) is 6.42 Å². The second-order valence-electron chi connectivity index (χ2n) is 4.33. The van der Waals surface area contributed by atoms with Crippen LogP contribution in [0.15, 0.2) is 0 Å². The zero-order valence-electron chi connectivity index (χ0n) is 8.21. The second kappa shape index (κ2) is 3.75. The summed E-state index contributed by atoms with van der Waals surface area (Å²) in [6.07, 6.45) is 4.24. The first-order chi connectivity index (χ1) is 5.63. The van der Waals surface area contributed by atoms with Crippen LogP contribution < -0.4 is 5.73 Å². The molecule has 1 unspecified atom stereocenters. The van der Waals surface area contributed by atoms with Crippen LogP contribution in [0.25, 0.3) is 0 Å². The minimum atomic E-state index is -0.170. The van der Waals surface area contributed by atoms with Crippen LogP contribution in [0.5, 0.6) is 0 Å². The standard InChI is InChI=1S/C10H21NO/c1-8(2)10(5-3-6-10)9(12)4-7-11/h8-9,12H,3-7,11H2,1-2H3. The molecule has 0 radical (unpaired) electrons. The van der Waals surface area contributed by atoms with E-state index in [2.05, 4.69) is 13.8 Å². The molecule has 12 heavy (non-hydrogen) atoms. The molecule has 3 N–H and O–H groups in total. The highest BCUT2D eigenvalue weighted by Gasteiger charge is 2.45. The average molecular weight is 171 g/mol. The van der Waals surface area contributed by atoms with Gasteiger partial charge in [0.25, 0.3) is 0 Å². The molecule has 1 aliphatic carbocycles. The molecule has 0 saturated heterocycles. The molecular weight excluding hydrogens is 150 g/mol. The number of rotatable bonds is 4. The van der Waals surface area contributed by atoms with Crippen molar-refractivity contribution in [2.24, 2.45) is 17.1 Å². The topological polar surface area (TPSA) is 46.2 Å². The first kappa shape index (κ1) is 10.0. The summed E-state index contributed by atoms with van der Waals surface area (Å²) in [7, 11) is 0. The highest BCUT2D eigenvalue weighted by molar-refractivity contribution is 4.95. The molecular formula is C10H21NO. The number of aliphatic hydroxyl groups excluding tert-OH is 1. The zero-order chi connectivity index (χ0) is 9.19. The third-order valence-electron chi connectivity index (χ3n) is 3.54. The van der Waals surface area contributed by atoms with Gasteiger partial charge in [-0.2, -0.15) is 0 Å². The van der Waals surface area contributed by atoms with Crippen molar-refractivity contribution in [2.75, 3.05) is 6.54 Å². The minimum absolute atomic E-state index is 0.170. The number of nitrogens with two attached hydrogens (primary N) is 1. The maximum Gasteiger partial charge on any atom is 0.0610 e. The quantitative estimate of drug-likeness (QED) is 0.673. The summed E-state index contributed by atoms with van der Waals surface area (Å²) < 4.78 is 0. The molecule has 0 aliphatic heterocycles. The van der Waals surface area contributed by atoms with Gasteiger partial charge in [-0.15, -0.1) is 0 Å². The lowest BCUT2D eigenvalue weighted by Gasteiger charge is -2.49. The average Bonchev–Trinajstić information content (AvgIpc) is 1.83. The van der Waals surface area contributed by atoms with E-state index in [1.807, 2.05) is 0 Å². The Morgan fingerprint density at radius 1 is 1.42 bits per heavy atom. The van der Waals surface area contributed by atoms with Crippen molar-refractivity contribution < 1.29 is 5.11 Å². The monoisotopic (exact) mass is 171 g/mol. The lowest BCUT2D eigenvalue weighted by atomic mass is 9.58. The fourth-order valence-corrected chi connectivity index (χ4v) is 2.33. The Labute approximate surface area is 75.2 Å². The normalized spacial score (nSPS) is 23.8. The van der Waals surface area contributed by atoms with Gasteiger partial charge in [0.2, 0.25) is 0 Å². The number of aliphatic hydroxyl groups is 1. The smallest absolute Gasteiger partial charge is 0.0610 e. The van der Waals surface area contributed by atoms with Gasteiger partial charge in [0.05, 0.1) is 6.10 Å². The summed E-state index contributed by atoms with van der Waals surface area (Å²) >= 11 is 0. The molecule has 0 spiro atoms. The van der Waals surface area contributed by atoms with Crippen molar-refractivity contribution in [3.8, 4) is 0 Å². The van der Waals surface area contributed by atoms with Crippen molar-refractivity contribution in [1.29, 1.82) is 0 Å². The van der Waals surface area contributed by atoms with Gasteiger partial charge in [-0.25, -0.2) is 0 Å². The van der Waals surface area contributed by atoms with E-state index in [1.54, 1.807) is 0 Å². The Morgan fingerprint density at radius 3 is 2.25 bits per heavy atom. The maximum atomic E-state index is 9.91. The molecule has 72 valence electrons. The number of hydrogen-bond acceptors (Lipinski definition) is 2. The zero-order valence-corrected chi connectivity index (χ0v) is 8.21. The lowest BCUT2D eigenvalue weighted by molar-refractivity contribution is -0.0715. The Bertz CT molecular complexity index is 141. The van der Waals surface area contributed by atoms with Crippen molar-refractivity contribution in [3.05, 3.63) is 0 Å². The van der Waals surface area contributed by atoms with Crippen molar-refractivity contribution in [2.45, 2.75) is 45.6 Å². The summed E-state index contributed by atoms with van der Waals surface area (Å²) in [4.78, 5) is 0. The minimum Gasteiger partial charge on any atom is -0.392 e. The van der Waals surface area contributed by atoms with E-state index >= 15 is 0 Å². The van der Waals surface area contributed by atoms with E-state index in [9.17, 15) is 5.11 Å². The Morgan fingerprint density at radius 2 is 2.00 bits per heavy atom. The first-order valence-corrected chi connectivity index (χ1v) is 5.01. The maximum absolute atomic E-state index is 9.91. The Kier molecular flexibility index (Phi) is 3.13. The Balaban J connectivity index is 2.53. The highest BCUT2D eigenvalue weighted by Crippen LogP contribution is 2.50. The summed E-state index contributed by atoms with van der Waals surface area (Å²) in [6.45, 7) is 5.02. The van der Waals surface area contributed by atoms with Crippen LogP contribution in [-0.2, 0) is 0 Å². The van der Waals surface area contributed by atoms with Gasteiger partial charge in [-0.3, -0.25) is 0 Å². The summed E-state index contributed by atoms with van der Waals surface area (Å²) in [5, 5.41) is 9.91. The molecule has 0 aromatic rings. The van der Waals surface area contributed by atoms with Gasteiger partial charge in [0.1, 0.15) is 0 Å². The van der Waals surface area contributed by atoms with E-state index in [4.69, 9.17) is 5.73 Å². The molecule has 1 saturated carbocycles. The first-order valence-electron chi connectivity index (χ1n) is 5.01. The lowest BCUT2D eigenvalue weighted by Crippen LogP contribution is -2.46. The fraction of sp³-hybridized carbons (Fsp3) is 1.00. The van der Waals surface area contributed by atoms with Crippen molar-refractivity contribution in [1.82, 2.24) is 0 Å². The van der Waals surface area contributed by atoms with Gasteiger partial charge >= 0.3 is 0 Å². The predicted molar refractivity (Wildman–Crippen MR) is 50.8 cm³/mol. The Hall–Kier alpha value is -0.0800. The molecule has 1 atom stereocenters. The van der Waals surface area contributed by atoms with Gasteiger partial charge in [0.15, 0.2) is 0 Å². The molecule has 0 aromatic carbocycles. The molecule has 0 amide bonds.